The molecule has 1 aromatic carbocycles. The molecule has 1 aliphatic rings. The molecule has 3 heteroatoms. The normalized spacial score (nSPS) is 24.4. The molecule has 2 nitrogen and oxygen atoms in total. The average Bonchev–Trinajstić information content (AvgIpc) is 2.88. The summed E-state index contributed by atoms with van der Waals surface area (Å²) in [6, 6.07) is 9.05. The molecule has 1 N–H and O–H groups in total. The van der Waals surface area contributed by atoms with Crippen LogP contribution in [-0.4, -0.2) is 30.7 Å². The van der Waals surface area contributed by atoms with Crippen LogP contribution in [0, 0.1) is 0 Å². The molecular formula is C16H25NOS. The molecule has 106 valence electrons. The van der Waals surface area contributed by atoms with Crippen LogP contribution in [0.3, 0.4) is 0 Å². The van der Waals surface area contributed by atoms with Crippen LogP contribution in [0.5, 0.6) is 5.75 Å². The average molecular weight is 279 g/mol. The number of methoxy groups -OCH3 is 1. The second kappa shape index (κ2) is 6.67. The van der Waals surface area contributed by atoms with Gasteiger partial charge in [0.1, 0.15) is 5.75 Å². The van der Waals surface area contributed by atoms with Crippen molar-refractivity contribution in [2.24, 2.45) is 0 Å². The fourth-order valence-electron chi connectivity index (χ4n) is 2.93. The van der Waals surface area contributed by atoms with Gasteiger partial charge in [0, 0.05) is 10.8 Å². The predicted molar refractivity (Wildman–Crippen MR) is 84.3 cm³/mol. The standard InChI is InChI=1S/C16H25NOS/c1-16(11-4-12-19-16)15(17-2)10-7-13-5-8-14(18-3)9-6-13/h5-6,8-9,15,17H,4,7,10-12H2,1-3H3. The van der Waals surface area contributed by atoms with E-state index < -0.39 is 0 Å². The lowest BCUT2D eigenvalue weighted by atomic mass is 9.91. The van der Waals surface area contributed by atoms with Gasteiger partial charge in [-0.3, -0.25) is 0 Å². The lowest BCUT2D eigenvalue weighted by molar-refractivity contribution is 0.403. The van der Waals surface area contributed by atoms with Crippen molar-refractivity contribution in [1.82, 2.24) is 5.32 Å². The molecule has 0 amide bonds. The molecule has 0 saturated carbocycles. The SMILES string of the molecule is CNC(CCc1ccc(OC)cc1)C1(C)CCCS1. The molecule has 1 aromatic rings. The molecule has 0 bridgehead atoms. The third kappa shape index (κ3) is 3.67. The van der Waals surface area contributed by atoms with E-state index in [0.717, 1.165) is 12.2 Å². The quantitative estimate of drug-likeness (QED) is 0.861. The van der Waals surface area contributed by atoms with Gasteiger partial charge in [-0.25, -0.2) is 0 Å². The molecule has 0 aromatic heterocycles. The summed E-state index contributed by atoms with van der Waals surface area (Å²) < 4.78 is 5.62. The number of benzene rings is 1. The van der Waals surface area contributed by atoms with Crippen molar-refractivity contribution in [1.29, 1.82) is 0 Å². The number of thioether (sulfide) groups is 1. The zero-order valence-corrected chi connectivity index (χ0v) is 13.1. The Hall–Kier alpha value is -0.670. The van der Waals surface area contributed by atoms with Crippen LogP contribution in [0.2, 0.25) is 0 Å². The first-order valence-electron chi connectivity index (χ1n) is 7.12. The van der Waals surface area contributed by atoms with Crippen molar-refractivity contribution in [3.63, 3.8) is 0 Å². The Morgan fingerprint density at radius 2 is 2.11 bits per heavy atom. The molecule has 1 fully saturated rings. The van der Waals surface area contributed by atoms with Crippen molar-refractivity contribution in [3.05, 3.63) is 29.8 Å². The van der Waals surface area contributed by atoms with Crippen LogP contribution in [0.1, 0.15) is 31.7 Å². The number of hydrogen-bond donors (Lipinski definition) is 1. The van der Waals surface area contributed by atoms with Crippen molar-refractivity contribution in [2.75, 3.05) is 19.9 Å². The van der Waals surface area contributed by atoms with E-state index in [9.17, 15) is 0 Å². The maximum atomic E-state index is 5.20. The maximum absolute atomic E-state index is 5.20. The van der Waals surface area contributed by atoms with Gasteiger partial charge in [0.2, 0.25) is 0 Å². The van der Waals surface area contributed by atoms with Crippen molar-refractivity contribution < 1.29 is 4.74 Å². The van der Waals surface area contributed by atoms with E-state index in [0.29, 0.717) is 10.8 Å². The van der Waals surface area contributed by atoms with Gasteiger partial charge >= 0.3 is 0 Å². The minimum absolute atomic E-state index is 0.418. The zero-order valence-electron chi connectivity index (χ0n) is 12.2. The third-order valence-corrected chi connectivity index (χ3v) is 5.86. The number of aryl methyl sites for hydroxylation is 1. The van der Waals surface area contributed by atoms with Gasteiger partial charge in [-0.05, 0) is 63.1 Å². The Kier molecular flexibility index (Phi) is 5.17. The summed E-state index contributed by atoms with van der Waals surface area (Å²) in [6.45, 7) is 2.42. The van der Waals surface area contributed by atoms with Crippen LogP contribution in [0.15, 0.2) is 24.3 Å². The topological polar surface area (TPSA) is 21.3 Å². The fraction of sp³-hybridized carbons (Fsp3) is 0.625. The zero-order chi connectivity index (χ0) is 13.7. The minimum atomic E-state index is 0.418. The molecule has 2 rings (SSSR count). The molecule has 0 spiro atoms. The molecule has 19 heavy (non-hydrogen) atoms. The van der Waals surface area contributed by atoms with Gasteiger partial charge in [-0.1, -0.05) is 12.1 Å². The number of ether oxygens (including phenoxy) is 1. The van der Waals surface area contributed by atoms with E-state index >= 15 is 0 Å². The highest BCUT2D eigenvalue weighted by Crippen LogP contribution is 2.41. The summed E-state index contributed by atoms with van der Waals surface area (Å²) in [5.41, 5.74) is 1.40. The van der Waals surface area contributed by atoms with Crippen molar-refractivity contribution >= 4 is 11.8 Å². The van der Waals surface area contributed by atoms with Crippen LogP contribution < -0.4 is 10.1 Å². The van der Waals surface area contributed by atoms with Gasteiger partial charge in [0.25, 0.3) is 0 Å². The fourth-order valence-corrected chi connectivity index (χ4v) is 4.41. The monoisotopic (exact) mass is 279 g/mol. The number of rotatable bonds is 6. The Bertz CT molecular complexity index is 384. The molecule has 1 heterocycles. The van der Waals surface area contributed by atoms with Crippen LogP contribution in [0.25, 0.3) is 0 Å². The van der Waals surface area contributed by atoms with Crippen LogP contribution in [0.4, 0.5) is 0 Å². The van der Waals surface area contributed by atoms with Gasteiger partial charge in [-0.15, -0.1) is 0 Å². The third-order valence-electron chi connectivity index (χ3n) is 4.22. The first-order chi connectivity index (χ1) is 9.18. The Morgan fingerprint density at radius 1 is 1.37 bits per heavy atom. The van der Waals surface area contributed by atoms with E-state index in [1.165, 1.54) is 30.6 Å². The molecular weight excluding hydrogens is 254 g/mol. The van der Waals surface area contributed by atoms with Crippen molar-refractivity contribution in [3.8, 4) is 5.75 Å². The Morgan fingerprint density at radius 3 is 2.63 bits per heavy atom. The smallest absolute Gasteiger partial charge is 0.118 e. The molecule has 1 aliphatic heterocycles. The molecule has 0 radical (unpaired) electrons. The Labute approximate surface area is 121 Å². The van der Waals surface area contributed by atoms with Crippen LogP contribution in [-0.2, 0) is 6.42 Å². The lowest BCUT2D eigenvalue weighted by Crippen LogP contribution is -2.43. The van der Waals surface area contributed by atoms with E-state index in [4.69, 9.17) is 4.74 Å². The number of nitrogens with one attached hydrogen (secondary N) is 1. The molecule has 0 aliphatic carbocycles. The van der Waals surface area contributed by atoms with E-state index in [1.54, 1.807) is 7.11 Å². The summed E-state index contributed by atoms with van der Waals surface area (Å²) in [4.78, 5) is 0. The van der Waals surface area contributed by atoms with E-state index in [-0.39, 0.29) is 0 Å². The van der Waals surface area contributed by atoms with Crippen molar-refractivity contribution in [2.45, 2.75) is 43.4 Å². The first kappa shape index (κ1) is 14.7. The second-order valence-electron chi connectivity index (χ2n) is 5.49. The van der Waals surface area contributed by atoms with Gasteiger partial charge in [0.05, 0.1) is 7.11 Å². The van der Waals surface area contributed by atoms with Gasteiger partial charge < -0.3 is 10.1 Å². The summed E-state index contributed by atoms with van der Waals surface area (Å²) in [5.74, 6) is 2.25. The summed E-state index contributed by atoms with van der Waals surface area (Å²) in [7, 11) is 3.81. The lowest BCUT2D eigenvalue weighted by Gasteiger charge is -2.33. The first-order valence-corrected chi connectivity index (χ1v) is 8.10. The summed E-state index contributed by atoms with van der Waals surface area (Å²) in [6.07, 6.45) is 5.03. The minimum Gasteiger partial charge on any atom is -0.497 e. The highest BCUT2D eigenvalue weighted by Gasteiger charge is 2.36. The van der Waals surface area contributed by atoms with E-state index in [1.807, 2.05) is 0 Å². The van der Waals surface area contributed by atoms with Gasteiger partial charge in [0.15, 0.2) is 0 Å². The number of hydrogen-bond acceptors (Lipinski definition) is 3. The predicted octanol–water partition coefficient (Wildman–Crippen LogP) is 3.50. The highest BCUT2D eigenvalue weighted by atomic mass is 32.2. The highest BCUT2D eigenvalue weighted by molar-refractivity contribution is 8.00. The van der Waals surface area contributed by atoms with Gasteiger partial charge in [-0.2, -0.15) is 11.8 Å². The summed E-state index contributed by atoms with van der Waals surface area (Å²) >= 11 is 2.14. The van der Waals surface area contributed by atoms with Crippen LogP contribution >= 0.6 is 11.8 Å². The maximum Gasteiger partial charge on any atom is 0.118 e. The molecule has 1 saturated heterocycles. The van der Waals surface area contributed by atoms with E-state index in [2.05, 4.69) is 55.3 Å². The second-order valence-corrected chi connectivity index (χ2v) is 7.12. The molecule has 2 unspecified atom stereocenters. The summed E-state index contributed by atoms with van der Waals surface area (Å²) in [5, 5.41) is 3.53. The largest absolute Gasteiger partial charge is 0.497 e. The molecule has 2 atom stereocenters. The Balaban J connectivity index is 1.91.